The Morgan fingerprint density at radius 2 is 2.12 bits per heavy atom. The topological polar surface area (TPSA) is 68.1 Å². The zero-order chi connectivity index (χ0) is 19.1. The largest absolute Gasteiger partial charge is 0.504 e. The van der Waals surface area contributed by atoms with Gasteiger partial charge in [-0.2, -0.15) is 0 Å². The first-order chi connectivity index (χ1) is 12.5. The zero-order valence-corrected chi connectivity index (χ0v) is 15.3. The van der Waals surface area contributed by atoms with E-state index < -0.39 is 5.97 Å². The number of phenols is 1. The Morgan fingerprint density at radius 3 is 2.77 bits per heavy atom. The number of methoxy groups -OCH3 is 1. The van der Waals surface area contributed by atoms with Gasteiger partial charge in [0.15, 0.2) is 11.5 Å². The third-order valence-electron chi connectivity index (χ3n) is 3.90. The van der Waals surface area contributed by atoms with Gasteiger partial charge in [-0.05, 0) is 55.7 Å². The van der Waals surface area contributed by atoms with Crippen LogP contribution in [0.3, 0.4) is 0 Å². The van der Waals surface area contributed by atoms with E-state index in [9.17, 15) is 9.90 Å². The number of carbonyl (C=O) groups excluding carboxylic acids is 1. The maximum atomic E-state index is 11.8. The van der Waals surface area contributed by atoms with Gasteiger partial charge < -0.3 is 14.6 Å². The zero-order valence-electron chi connectivity index (χ0n) is 15.3. The number of ether oxygens (including phenoxy) is 2. The molecule has 0 saturated carbocycles. The van der Waals surface area contributed by atoms with E-state index in [1.54, 1.807) is 30.5 Å². The lowest BCUT2D eigenvalue weighted by atomic mass is 10.1. The molecule has 0 aliphatic carbocycles. The highest BCUT2D eigenvalue weighted by Gasteiger charge is 2.12. The number of esters is 1. The molecular formula is C21H23NO4. The van der Waals surface area contributed by atoms with Gasteiger partial charge in [0.1, 0.15) is 0 Å². The SMILES string of the molecule is C=CCc1cc(C=Nc2cccc(C(=O)OC)c2C)cc(OCC)c1O. The first-order valence-electron chi connectivity index (χ1n) is 8.33. The van der Waals surface area contributed by atoms with Gasteiger partial charge in [-0.3, -0.25) is 4.99 Å². The van der Waals surface area contributed by atoms with Crippen LogP contribution in [0.1, 0.15) is 34.0 Å². The highest BCUT2D eigenvalue weighted by molar-refractivity contribution is 5.93. The number of nitrogens with zero attached hydrogens (tertiary/aromatic N) is 1. The molecule has 0 saturated heterocycles. The maximum absolute atomic E-state index is 11.8. The van der Waals surface area contributed by atoms with E-state index in [1.807, 2.05) is 26.0 Å². The quantitative estimate of drug-likeness (QED) is 0.456. The van der Waals surface area contributed by atoms with Gasteiger partial charge in [-0.1, -0.05) is 12.1 Å². The van der Waals surface area contributed by atoms with E-state index in [1.165, 1.54) is 7.11 Å². The van der Waals surface area contributed by atoms with Crippen LogP contribution in [0.4, 0.5) is 5.69 Å². The summed E-state index contributed by atoms with van der Waals surface area (Å²) >= 11 is 0. The van der Waals surface area contributed by atoms with Crippen LogP contribution in [-0.2, 0) is 11.2 Å². The molecule has 0 aromatic heterocycles. The average molecular weight is 353 g/mol. The molecule has 26 heavy (non-hydrogen) atoms. The van der Waals surface area contributed by atoms with Crippen molar-refractivity contribution in [2.45, 2.75) is 20.3 Å². The van der Waals surface area contributed by atoms with Gasteiger partial charge in [-0.15, -0.1) is 6.58 Å². The minimum absolute atomic E-state index is 0.118. The van der Waals surface area contributed by atoms with Crippen molar-refractivity contribution in [3.8, 4) is 11.5 Å². The Bertz CT molecular complexity index is 840. The number of carbonyl (C=O) groups is 1. The van der Waals surface area contributed by atoms with Crippen molar-refractivity contribution in [2.75, 3.05) is 13.7 Å². The van der Waals surface area contributed by atoms with Gasteiger partial charge in [0.2, 0.25) is 0 Å². The fraction of sp³-hybridized carbons (Fsp3) is 0.238. The van der Waals surface area contributed by atoms with Gasteiger partial charge in [0.05, 0.1) is 25.0 Å². The molecule has 0 radical (unpaired) electrons. The molecule has 0 bridgehead atoms. The Morgan fingerprint density at radius 1 is 1.35 bits per heavy atom. The Hall–Kier alpha value is -3.08. The van der Waals surface area contributed by atoms with Gasteiger partial charge in [0.25, 0.3) is 0 Å². The summed E-state index contributed by atoms with van der Waals surface area (Å²) in [5.74, 6) is 0.136. The summed E-state index contributed by atoms with van der Waals surface area (Å²) < 4.78 is 10.3. The molecule has 0 fully saturated rings. The predicted octanol–water partition coefficient (Wildman–Crippen LogP) is 4.37. The van der Waals surface area contributed by atoms with Gasteiger partial charge in [-0.25, -0.2) is 4.79 Å². The Labute approximate surface area is 153 Å². The first kappa shape index (κ1) is 19.2. The minimum atomic E-state index is -0.393. The monoisotopic (exact) mass is 353 g/mol. The molecule has 0 unspecified atom stereocenters. The number of benzene rings is 2. The van der Waals surface area contributed by atoms with Crippen LogP contribution in [0.2, 0.25) is 0 Å². The lowest BCUT2D eigenvalue weighted by Crippen LogP contribution is -2.03. The summed E-state index contributed by atoms with van der Waals surface area (Å²) in [5.41, 5.74) is 3.39. The van der Waals surface area contributed by atoms with Crippen molar-refractivity contribution in [3.63, 3.8) is 0 Å². The fourth-order valence-corrected chi connectivity index (χ4v) is 2.58. The number of hydrogen-bond donors (Lipinski definition) is 1. The van der Waals surface area contributed by atoms with E-state index in [2.05, 4.69) is 11.6 Å². The average Bonchev–Trinajstić information content (AvgIpc) is 2.64. The second-order valence-corrected chi connectivity index (χ2v) is 5.65. The summed E-state index contributed by atoms with van der Waals surface area (Å²) in [7, 11) is 1.35. The molecule has 0 aliphatic heterocycles. The van der Waals surface area contributed by atoms with E-state index in [0.717, 1.165) is 11.1 Å². The molecule has 0 spiro atoms. The molecular weight excluding hydrogens is 330 g/mol. The molecule has 2 aromatic carbocycles. The highest BCUT2D eigenvalue weighted by Crippen LogP contribution is 2.32. The summed E-state index contributed by atoms with van der Waals surface area (Å²) in [6.07, 6.45) is 3.91. The predicted molar refractivity (Wildman–Crippen MR) is 103 cm³/mol. The van der Waals surface area contributed by atoms with Gasteiger partial charge >= 0.3 is 5.97 Å². The Kier molecular flexibility index (Phi) is 6.55. The molecule has 0 atom stereocenters. The molecule has 0 amide bonds. The van der Waals surface area contributed by atoms with Crippen molar-refractivity contribution < 1.29 is 19.4 Å². The van der Waals surface area contributed by atoms with Crippen molar-refractivity contribution in [3.05, 3.63) is 65.2 Å². The molecule has 5 heteroatoms. The van der Waals surface area contributed by atoms with E-state index in [-0.39, 0.29) is 5.75 Å². The maximum Gasteiger partial charge on any atom is 0.338 e. The molecule has 2 rings (SSSR count). The Balaban J connectivity index is 2.41. The molecule has 2 aromatic rings. The standard InChI is InChI=1S/C21H23NO4/c1-5-8-16-11-15(12-19(20(16)23)26-6-2)13-22-18-10-7-9-17(14(18)3)21(24)25-4/h5,7,9-13,23H,1,6,8H2,2-4H3. The normalized spacial score (nSPS) is 10.7. The van der Waals surface area contributed by atoms with Crippen molar-refractivity contribution in [1.29, 1.82) is 0 Å². The molecule has 136 valence electrons. The van der Waals surface area contributed by atoms with Crippen LogP contribution < -0.4 is 4.74 Å². The summed E-state index contributed by atoms with van der Waals surface area (Å²) in [5, 5.41) is 10.3. The number of allylic oxidation sites excluding steroid dienone is 1. The van der Waals surface area contributed by atoms with E-state index in [4.69, 9.17) is 9.47 Å². The number of aliphatic imine (C=N–C) groups is 1. The van der Waals surface area contributed by atoms with E-state index >= 15 is 0 Å². The van der Waals surface area contributed by atoms with Crippen molar-refractivity contribution in [1.82, 2.24) is 0 Å². The molecule has 0 aliphatic rings. The smallest absolute Gasteiger partial charge is 0.338 e. The number of aromatic hydroxyl groups is 1. The van der Waals surface area contributed by atoms with Crippen molar-refractivity contribution >= 4 is 17.9 Å². The third kappa shape index (κ3) is 4.30. The van der Waals surface area contributed by atoms with Crippen molar-refractivity contribution in [2.24, 2.45) is 4.99 Å². The van der Waals surface area contributed by atoms with Crippen LogP contribution in [-0.4, -0.2) is 31.0 Å². The highest BCUT2D eigenvalue weighted by atomic mass is 16.5. The summed E-state index contributed by atoms with van der Waals surface area (Å²) in [6, 6.07) is 8.86. The first-order valence-corrected chi connectivity index (χ1v) is 8.33. The number of phenolic OH excluding ortho intramolecular Hbond substituents is 1. The van der Waals surface area contributed by atoms with Crippen LogP contribution in [0.15, 0.2) is 48.0 Å². The summed E-state index contributed by atoms with van der Waals surface area (Å²) in [4.78, 5) is 16.3. The lowest BCUT2D eigenvalue weighted by Gasteiger charge is -2.11. The third-order valence-corrected chi connectivity index (χ3v) is 3.90. The molecule has 0 heterocycles. The van der Waals surface area contributed by atoms with Crippen LogP contribution in [0.25, 0.3) is 0 Å². The van der Waals surface area contributed by atoms with E-state index in [0.29, 0.717) is 35.6 Å². The summed E-state index contributed by atoms with van der Waals surface area (Å²) in [6.45, 7) is 7.84. The second-order valence-electron chi connectivity index (χ2n) is 5.65. The molecule has 5 nitrogen and oxygen atoms in total. The number of rotatable bonds is 7. The second kappa shape index (κ2) is 8.85. The van der Waals surface area contributed by atoms with Crippen LogP contribution in [0.5, 0.6) is 11.5 Å². The van der Waals surface area contributed by atoms with Crippen LogP contribution >= 0.6 is 0 Å². The number of hydrogen-bond acceptors (Lipinski definition) is 5. The lowest BCUT2D eigenvalue weighted by molar-refractivity contribution is 0.0600. The minimum Gasteiger partial charge on any atom is -0.504 e. The molecule has 1 N–H and O–H groups in total. The van der Waals surface area contributed by atoms with Gasteiger partial charge in [0, 0.05) is 11.8 Å². The fourth-order valence-electron chi connectivity index (χ4n) is 2.58. The van der Waals surface area contributed by atoms with Crippen LogP contribution in [0, 0.1) is 6.92 Å².